The molecule has 27 heavy (non-hydrogen) atoms. The van der Waals surface area contributed by atoms with Crippen LogP contribution in [0.4, 0.5) is 23.2 Å². The zero-order valence-electron chi connectivity index (χ0n) is 14.3. The third kappa shape index (κ3) is 4.98. The second kappa shape index (κ2) is 8.41. The van der Waals surface area contributed by atoms with Crippen LogP contribution in [0.1, 0.15) is 18.3 Å². The van der Waals surface area contributed by atoms with Gasteiger partial charge in [0.15, 0.2) is 5.82 Å². The smallest absolute Gasteiger partial charge is 0.282 e. The first-order chi connectivity index (χ1) is 11.9. The molecule has 0 saturated carbocycles. The Hall–Kier alpha value is -1.24. The zero-order chi connectivity index (χ0) is 19.9. The molecule has 0 aliphatic rings. The van der Waals surface area contributed by atoms with E-state index in [1.807, 2.05) is 4.72 Å². The summed E-state index contributed by atoms with van der Waals surface area (Å²) in [5, 5.41) is 12.1. The number of sulfonamides is 1. The van der Waals surface area contributed by atoms with E-state index in [1.165, 1.54) is 6.92 Å². The number of hydrogen-bond acceptors (Lipinski definition) is 5. The quantitative estimate of drug-likeness (QED) is 0.461. The van der Waals surface area contributed by atoms with Gasteiger partial charge in [0.25, 0.3) is 0 Å². The first-order valence-corrected chi connectivity index (χ1v) is 8.54. The number of alkyl halides is 3. The van der Waals surface area contributed by atoms with Gasteiger partial charge in [0.1, 0.15) is 11.8 Å². The van der Waals surface area contributed by atoms with E-state index in [4.69, 9.17) is 5.26 Å². The van der Waals surface area contributed by atoms with Crippen molar-refractivity contribution in [2.24, 2.45) is 7.05 Å². The molecule has 0 amide bonds. The molecule has 0 aliphatic carbocycles. The SMILES string of the molecule is CCS(=O)(=O)Nc1cc(-n2nc(C(F)(F)F)n(C)c2=O)c(F)cc1C#N.[K+]. The second-order valence-electron chi connectivity index (χ2n) is 5.04. The first kappa shape index (κ1) is 23.8. The normalized spacial score (nSPS) is 11.6. The van der Waals surface area contributed by atoms with Crippen molar-refractivity contribution < 1.29 is 77.4 Å². The minimum atomic E-state index is -4.96. The second-order valence-corrected chi connectivity index (χ2v) is 7.05. The summed E-state index contributed by atoms with van der Waals surface area (Å²) in [6, 6.07) is 2.88. The molecular weight excluding hydrogens is 421 g/mol. The maximum atomic E-state index is 14.2. The molecule has 0 spiro atoms. The van der Waals surface area contributed by atoms with Gasteiger partial charge in [0.2, 0.25) is 15.8 Å². The Kier molecular flexibility index (Phi) is 7.41. The molecule has 140 valence electrons. The summed E-state index contributed by atoms with van der Waals surface area (Å²) < 4.78 is 78.5. The summed E-state index contributed by atoms with van der Waals surface area (Å²) in [7, 11) is -3.07. The van der Waals surface area contributed by atoms with E-state index < -0.39 is 50.5 Å². The van der Waals surface area contributed by atoms with Crippen LogP contribution in [0.3, 0.4) is 0 Å². The van der Waals surface area contributed by atoms with Crippen molar-refractivity contribution in [2.45, 2.75) is 13.1 Å². The van der Waals surface area contributed by atoms with E-state index >= 15 is 0 Å². The van der Waals surface area contributed by atoms with Gasteiger partial charge < -0.3 is 0 Å². The molecule has 0 unspecified atom stereocenters. The Labute approximate surface area is 193 Å². The van der Waals surface area contributed by atoms with Gasteiger partial charge in [-0.1, -0.05) is 0 Å². The molecule has 0 saturated heterocycles. The number of nitriles is 1. The van der Waals surface area contributed by atoms with Gasteiger partial charge in [0, 0.05) is 7.05 Å². The fourth-order valence-corrected chi connectivity index (χ4v) is 2.63. The molecule has 1 aromatic heterocycles. The summed E-state index contributed by atoms with van der Waals surface area (Å²) in [4.78, 5) is 12.0. The van der Waals surface area contributed by atoms with Crippen molar-refractivity contribution in [3.05, 3.63) is 39.8 Å². The average molecular weight is 432 g/mol. The average Bonchev–Trinajstić information content (AvgIpc) is 2.84. The summed E-state index contributed by atoms with van der Waals surface area (Å²) in [6.45, 7) is 1.30. The number of rotatable bonds is 4. The molecule has 0 fully saturated rings. The van der Waals surface area contributed by atoms with Crippen LogP contribution in [0.25, 0.3) is 5.69 Å². The number of benzene rings is 1. The molecule has 0 aliphatic heterocycles. The molecule has 1 heterocycles. The van der Waals surface area contributed by atoms with Gasteiger partial charge in [-0.05, 0) is 19.1 Å². The molecular formula is C13H11F4KN5O3S+. The van der Waals surface area contributed by atoms with Crippen LogP contribution in [-0.4, -0.2) is 28.5 Å². The Balaban J connectivity index is 0.00000364. The van der Waals surface area contributed by atoms with E-state index in [9.17, 15) is 30.8 Å². The van der Waals surface area contributed by atoms with Crippen LogP contribution in [0.2, 0.25) is 0 Å². The Morgan fingerprint density at radius 3 is 2.37 bits per heavy atom. The molecule has 1 aromatic carbocycles. The number of nitrogens with zero attached hydrogens (tertiary/aromatic N) is 4. The van der Waals surface area contributed by atoms with Crippen LogP contribution >= 0.6 is 0 Å². The van der Waals surface area contributed by atoms with Gasteiger partial charge in [-0.2, -0.15) is 23.1 Å². The fraction of sp³-hybridized carbons (Fsp3) is 0.308. The summed E-state index contributed by atoms with van der Waals surface area (Å²) in [5.41, 5.74) is -2.85. The van der Waals surface area contributed by atoms with E-state index in [0.717, 1.165) is 13.1 Å². The van der Waals surface area contributed by atoms with Gasteiger partial charge >= 0.3 is 63.3 Å². The monoisotopic (exact) mass is 432 g/mol. The predicted octanol–water partition coefficient (Wildman–Crippen LogP) is -1.63. The van der Waals surface area contributed by atoms with Crippen LogP contribution in [0.5, 0.6) is 0 Å². The topological polar surface area (TPSA) is 110 Å². The van der Waals surface area contributed by atoms with Crippen molar-refractivity contribution in [2.75, 3.05) is 10.5 Å². The number of hydrogen-bond donors (Lipinski definition) is 1. The molecule has 0 atom stereocenters. The standard InChI is InChI=1S/C13H11F4N5O3S.K/c1-3-26(24,25)20-9-5-10(8(14)4-7(9)6-18)22-12(23)21(2)11(19-22)13(15,16)17;/h4-5,20H,3H2,1-2H3;/q;+1. The van der Waals surface area contributed by atoms with Crippen LogP contribution < -0.4 is 61.8 Å². The molecule has 2 aromatic rings. The number of anilines is 1. The van der Waals surface area contributed by atoms with Gasteiger partial charge in [-0.25, -0.2) is 17.6 Å². The predicted molar refractivity (Wildman–Crippen MR) is 81.6 cm³/mol. The zero-order valence-corrected chi connectivity index (χ0v) is 18.2. The fourth-order valence-electron chi connectivity index (χ4n) is 1.98. The Bertz CT molecular complexity index is 1070. The van der Waals surface area contributed by atoms with Gasteiger partial charge in [-0.3, -0.25) is 9.29 Å². The molecule has 14 heteroatoms. The molecule has 0 radical (unpaired) electrons. The minimum Gasteiger partial charge on any atom is -0.282 e. The third-order valence-electron chi connectivity index (χ3n) is 3.32. The van der Waals surface area contributed by atoms with Crippen LogP contribution in [-0.2, 0) is 23.2 Å². The summed E-state index contributed by atoms with van der Waals surface area (Å²) in [6.07, 6.45) is -4.96. The summed E-state index contributed by atoms with van der Waals surface area (Å²) in [5.74, 6) is -3.16. The van der Waals surface area contributed by atoms with Crippen molar-refractivity contribution in [3.63, 3.8) is 0 Å². The number of aromatic nitrogens is 3. The van der Waals surface area contributed by atoms with Crippen molar-refractivity contribution in [1.29, 1.82) is 5.26 Å². The first-order valence-electron chi connectivity index (χ1n) is 6.89. The van der Waals surface area contributed by atoms with E-state index in [2.05, 4.69) is 5.10 Å². The number of halogens is 4. The maximum absolute atomic E-state index is 14.2. The maximum Gasteiger partial charge on any atom is 1.00 e. The number of nitrogens with one attached hydrogen (secondary N) is 1. The third-order valence-corrected chi connectivity index (χ3v) is 4.61. The van der Waals surface area contributed by atoms with Crippen molar-refractivity contribution >= 4 is 15.7 Å². The van der Waals surface area contributed by atoms with E-state index in [0.29, 0.717) is 6.07 Å². The Morgan fingerprint density at radius 2 is 1.93 bits per heavy atom. The molecule has 2 rings (SSSR count). The summed E-state index contributed by atoms with van der Waals surface area (Å²) >= 11 is 0. The molecule has 0 bridgehead atoms. The Morgan fingerprint density at radius 1 is 1.33 bits per heavy atom. The van der Waals surface area contributed by atoms with Gasteiger partial charge in [-0.15, -0.1) is 5.10 Å². The van der Waals surface area contributed by atoms with Crippen molar-refractivity contribution in [3.8, 4) is 11.8 Å². The molecule has 1 N–H and O–H groups in total. The van der Waals surface area contributed by atoms with Crippen LogP contribution in [0.15, 0.2) is 16.9 Å². The van der Waals surface area contributed by atoms with E-state index in [-0.39, 0.29) is 66.4 Å². The van der Waals surface area contributed by atoms with Crippen LogP contribution in [0, 0.1) is 17.1 Å². The van der Waals surface area contributed by atoms with Crippen molar-refractivity contribution in [1.82, 2.24) is 14.3 Å². The molecule has 8 nitrogen and oxygen atoms in total. The van der Waals surface area contributed by atoms with Gasteiger partial charge in [0.05, 0.1) is 17.0 Å². The van der Waals surface area contributed by atoms with E-state index in [1.54, 1.807) is 6.07 Å². The minimum absolute atomic E-state index is 0. The largest absolute Gasteiger partial charge is 1.00 e.